The SMILES string of the molecule is COC(C)(C)CCOC1(CI)CCC(C(C)C)CC1. The standard InChI is InChI=1S/C16H31IO2/c1-13(2)14-6-8-16(12-17,9-7-14)19-11-10-15(3,4)18-5/h13-14H,6-12H2,1-5H3. The van der Waals surface area contributed by atoms with Crippen LogP contribution >= 0.6 is 22.6 Å². The van der Waals surface area contributed by atoms with Crippen LogP contribution in [0.4, 0.5) is 0 Å². The number of hydrogen-bond donors (Lipinski definition) is 0. The summed E-state index contributed by atoms with van der Waals surface area (Å²) in [6.07, 6.45) is 6.08. The largest absolute Gasteiger partial charge is 0.379 e. The highest BCUT2D eigenvalue weighted by Gasteiger charge is 2.36. The van der Waals surface area contributed by atoms with Crippen LogP contribution in [0.15, 0.2) is 0 Å². The summed E-state index contributed by atoms with van der Waals surface area (Å²) in [5.74, 6) is 1.72. The van der Waals surface area contributed by atoms with Gasteiger partial charge >= 0.3 is 0 Å². The Labute approximate surface area is 133 Å². The minimum absolute atomic E-state index is 0.0679. The van der Waals surface area contributed by atoms with E-state index < -0.39 is 0 Å². The van der Waals surface area contributed by atoms with Crippen LogP contribution in [0, 0.1) is 11.8 Å². The number of hydrogen-bond acceptors (Lipinski definition) is 2. The highest BCUT2D eigenvalue weighted by molar-refractivity contribution is 14.1. The van der Waals surface area contributed by atoms with E-state index in [0.29, 0.717) is 0 Å². The molecule has 0 spiro atoms. The van der Waals surface area contributed by atoms with Crippen molar-refractivity contribution in [3.63, 3.8) is 0 Å². The van der Waals surface area contributed by atoms with Gasteiger partial charge < -0.3 is 9.47 Å². The van der Waals surface area contributed by atoms with E-state index in [0.717, 1.165) is 29.3 Å². The molecule has 1 aliphatic carbocycles. The molecule has 0 aromatic rings. The molecule has 1 rings (SSSR count). The third kappa shape index (κ3) is 5.50. The fraction of sp³-hybridized carbons (Fsp3) is 1.00. The molecule has 0 amide bonds. The van der Waals surface area contributed by atoms with Gasteiger partial charge in [-0.05, 0) is 57.8 Å². The summed E-state index contributed by atoms with van der Waals surface area (Å²) in [7, 11) is 1.78. The number of ether oxygens (including phenoxy) is 2. The average Bonchev–Trinajstić information content (AvgIpc) is 2.39. The number of halogens is 1. The second-order valence-corrected chi connectivity index (χ2v) is 7.72. The van der Waals surface area contributed by atoms with Gasteiger partial charge in [-0.1, -0.05) is 36.4 Å². The fourth-order valence-corrected chi connectivity index (χ4v) is 3.75. The summed E-state index contributed by atoms with van der Waals surface area (Å²) in [5, 5.41) is 0. The number of alkyl halides is 1. The normalized spacial score (nSPS) is 28.9. The van der Waals surface area contributed by atoms with E-state index in [2.05, 4.69) is 50.3 Å². The van der Waals surface area contributed by atoms with Gasteiger partial charge in [0, 0.05) is 11.5 Å². The molecule has 19 heavy (non-hydrogen) atoms. The van der Waals surface area contributed by atoms with Gasteiger partial charge in [0.25, 0.3) is 0 Å². The van der Waals surface area contributed by atoms with Crippen LogP contribution in [0.3, 0.4) is 0 Å². The fourth-order valence-electron chi connectivity index (χ4n) is 2.76. The van der Waals surface area contributed by atoms with E-state index in [9.17, 15) is 0 Å². The van der Waals surface area contributed by atoms with Crippen molar-refractivity contribution < 1.29 is 9.47 Å². The molecule has 1 saturated carbocycles. The van der Waals surface area contributed by atoms with Crippen molar-refractivity contribution in [2.24, 2.45) is 11.8 Å². The van der Waals surface area contributed by atoms with E-state index in [-0.39, 0.29) is 11.2 Å². The van der Waals surface area contributed by atoms with Crippen LogP contribution in [-0.2, 0) is 9.47 Å². The molecular formula is C16H31IO2. The molecule has 0 saturated heterocycles. The zero-order chi connectivity index (χ0) is 14.5. The van der Waals surface area contributed by atoms with Crippen molar-refractivity contribution in [1.82, 2.24) is 0 Å². The lowest BCUT2D eigenvalue weighted by atomic mass is 9.75. The van der Waals surface area contributed by atoms with Crippen LogP contribution < -0.4 is 0 Å². The van der Waals surface area contributed by atoms with E-state index in [1.165, 1.54) is 25.7 Å². The zero-order valence-corrected chi connectivity index (χ0v) is 15.5. The molecule has 114 valence electrons. The summed E-state index contributed by atoms with van der Waals surface area (Å²) in [4.78, 5) is 0. The van der Waals surface area contributed by atoms with E-state index >= 15 is 0 Å². The lowest BCUT2D eigenvalue weighted by molar-refractivity contribution is -0.0853. The van der Waals surface area contributed by atoms with Crippen LogP contribution in [0.25, 0.3) is 0 Å². The van der Waals surface area contributed by atoms with Crippen molar-refractivity contribution in [3.8, 4) is 0 Å². The number of methoxy groups -OCH3 is 1. The predicted octanol–water partition coefficient (Wildman–Crippen LogP) is 4.84. The molecule has 0 aromatic carbocycles. The van der Waals surface area contributed by atoms with Gasteiger partial charge in [0.15, 0.2) is 0 Å². The Hall–Kier alpha value is 0.650. The first kappa shape index (κ1) is 17.7. The molecule has 0 heterocycles. The first-order valence-corrected chi connectivity index (χ1v) is 9.12. The average molecular weight is 382 g/mol. The Balaban J connectivity index is 2.41. The van der Waals surface area contributed by atoms with Crippen LogP contribution in [0.5, 0.6) is 0 Å². The molecule has 0 radical (unpaired) electrons. The molecule has 0 aliphatic heterocycles. The summed E-state index contributed by atoms with van der Waals surface area (Å²) in [6.45, 7) is 9.77. The maximum atomic E-state index is 6.30. The molecule has 1 fully saturated rings. The summed E-state index contributed by atoms with van der Waals surface area (Å²) >= 11 is 2.50. The van der Waals surface area contributed by atoms with Crippen molar-refractivity contribution >= 4 is 22.6 Å². The number of rotatable bonds is 7. The smallest absolute Gasteiger partial charge is 0.0771 e. The molecule has 3 heteroatoms. The van der Waals surface area contributed by atoms with Gasteiger partial charge in [0.1, 0.15) is 0 Å². The van der Waals surface area contributed by atoms with Crippen LogP contribution in [0.2, 0.25) is 0 Å². The quantitative estimate of drug-likeness (QED) is 0.464. The van der Waals surface area contributed by atoms with E-state index in [1.807, 2.05) is 0 Å². The molecule has 1 aliphatic rings. The van der Waals surface area contributed by atoms with Crippen molar-refractivity contribution in [2.45, 2.75) is 71.0 Å². The van der Waals surface area contributed by atoms with Crippen LogP contribution in [0.1, 0.15) is 59.8 Å². The second-order valence-electron chi connectivity index (χ2n) is 6.96. The van der Waals surface area contributed by atoms with Gasteiger partial charge in [0.2, 0.25) is 0 Å². The first-order chi connectivity index (χ1) is 8.84. The molecule has 0 atom stereocenters. The van der Waals surface area contributed by atoms with Gasteiger partial charge in [0.05, 0.1) is 17.8 Å². The Kier molecular flexibility index (Phi) is 7.08. The molecule has 2 nitrogen and oxygen atoms in total. The third-order valence-electron chi connectivity index (χ3n) is 4.79. The van der Waals surface area contributed by atoms with Gasteiger partial charge in [-0.3, -0.25) is 0 Å². The van der Waals surface area contributed by atoms with Gasteiger partial charge in [-0.25, -0.2) is 0 Å². The lowest BCUT2D eigenvalue weighted by Gasteiger charge is -2.40. The molecule has 0 N–H and O–H groups in total. The Morgan fingerprint density at radius 1 is 1.26 bits per heavy atom. The highest BCUT2D eigenvalue weighted by atomic mass is 127. The minimum Gasteiger partial charge on any atom is -0.379 e. The topological polar surface area (TPSA) is 18.5 Å². The molecule has 0 aromatic heterocycles. The Bertz CT molecular complexity index is 255. The maximum absolute atomic E-state index is 6.30. The maximum Gasteiger partial charge on any atom is 0.0771 e. The summed E-state index contributed by atoms with van der Waals surface area (Å²) < 4.78 is 12.9. The van der Waals surface area contributed by atoms with Crippen molar-refractivity contribution in [1.29, 1.82) is 0 Å². The van der Waals surface area contributed by atoms with Gasteiger partial charge in [-0.15, -0.1) is 0 Å². The van der Waals surface area contributed by atoms with E-state index in [4.69, 9.17) is 9.47 Å². The Morgan fingerprint density at radius 3 is 2.26 bits per heavy atom. The molecular weight excluding hydrogens is 351 g/mol. The third-order valence-corrected chi connectivity index (χ3v) is 6.18. The van der Waals surface area contributed by atoms with Crippen molar-refractivity contribution in [3.05, 3.63) is 0 Å². The second kappa shape index (κ2) is 7.60. The first-order valence-electron chi connectivity index (χ1n) is 7.59. The monoisotopic (exact) mass is 382 g/mol. The van der Waals surface area contributed by atoms with Crippen molar-refractivity contribution in [2.75, 3.05) is 18.1 Å². The van der Waals surface area contributed by atoms with E-state index in [1.54, 1.807) is 7.11 Å². The predicted molar refractivity (Wildman–Crippen MR) is 90.1 cm³/mol. The Morgan fingerprint density at radius 2 is 1.84 bits per heavy atom. The summed E-state index contributed by atoms with van der Waals surface area (Å²) in [6, 6.07) is 0. The summed E-state index contributed by atoms with van der Waals surface area (Å²) in [5.41, 5.74) is 0.0668. The lowest BCUT2D eigenvalue weighted by Crippen LogP contribution is -2.41. The molecule has 0 bridgehead atoms. The van der Waals surface area contributed by atoms with Gasteiger partial charge in [-0.2, -0.15) is 0 Å². The minimum atomic E-state index is -0.0679. The molecule has 0 unspecified atom stereocenters. The van der Waals surface area contributed by atoms with Crippen LogP contribution in [-0.4, -0.2) is 29.3 Å². The highest BCUT2D eigenvalue weighted by Crippen LogP contribution is 2.39. The zero-order valence-electron chi connectivity index (χ0n) is 13.3.